The Labute approximate surface area is 148 Å². The van der Waals surface area contributed by atoms with Gasteiger partial charge in [0.05, 0.1) is 5.71 Å². The van der Waals surface area contributed by atoms with Crippen LogP contribution in [0.15, 0.2) is 11.2 Å². The molecule has 1 N–H and O–H groups in total. The van der Waals surface area contributed by atoms with Crippen LogP contribution in [-0.4, -0.2) is 45.4 Å². The maximum atomic E-state index is 12.8. The molecule has 25 heavy (non-hydrogen) atoms. The number of amides is 1. The maximum absolute atomic E-state index is 12.8. The number of hydrogen-bond donors (Lipinski definition) is 1. The number of carbonyl (C=O) groups is 1. The molecule has 1 aromatic rings. The first-order valence-electron chi connectivity index (χ1n) is 9.52. The molecular formula is C19H26N4O2. The van der Waals surface area contributed by atoms with Crippen molar-refractivity contribution in [2.75, 3.05) is 13.1 Å². The van der Waals surface area contributed by atoms with Crippen molar-refractivity contribution in [3.05, 3.63) is 17.5 Å². The molecule has 4 aliphatic rings. The van der Waals surface area contributed by atoms with E-state index in [1.165, 1.54) is 18.6 Å². The Kier molecular flexibility index (Phi) is 3.13. The summed E-state index contributed by atoms with van der Waals surface area (Å²) in [6.45, 7) is 8.04. The van der Waals surface area contributed by atoms with E-state index in [1.807, 2.05) is 11.0 Å². The molecule has 134 valence electrons. The van der Waals surface area contributed by atoms with E-state index in [9.17, 15) is 4.79 Å². The number of rotatable bonds is 4. The van der Waals surface area contributed by atoms with Gasteiger partial charge in [-0.3, -0.25) is 9.89 Å². The molecule has 1 aromatic heterocycles. The SMILES string of the molecule is CC(c1cc(C(=O)N2CC3C(C2)C3C2=NOC(C)(C)C2)n[nH]1)C1CC1. The van der Waals surface area contributed by atoms with Gasteiger partial charge in [-0.2, -0.15) is 5.10 Å². The van der Waals surface area contributed by atoms with Crippen molar-refractivity contribution in [1.82, 2.24) is 15.1 Å². The third-order valence-corrected chi connectivity index (χ3v) is 6.52. The Morgan fingerprint density at radius 3 is 2.68 bits per heavy atom. The lowest BCUT2D eigenvalue weighted by Gasteiger charge is -2.19. The van der Waals surface area contributed by atoms with Gasteiger partial charge >= 0.3 is 0 Å². The monoisotopic (exact) mass is 342 g/mol. The number of H-pyrrole nitrogens is 1. The first kappa shape index (κ1) is 15.4. The Bertz CT molecular complexity index is 736. The Morgan fingerprint density at radius 2 is 2.08 bits per heavy atom. The molecule has 2 aliphatic carbocycles. The van der Waals surface area contributed by atoms with E-state index < -0.39 is 0 Å². The summed E-state index contributed by atoms with van der Waals surface area (Å²) in [4.78, 5) is 20.2. The Balaban J connectivity index is 1.20. The zero-order valence-electron chi connectivity index (χ0n) is 15.2. The molecule has 1 amide bonds. The summed E-state index contributed by atoms with van der Waals surface area (Å²) in [6, 6.07) is 1.96. The molecule has 3 fully saturated rings. The summed E-state index contributed by atoms with van der Waals surface area (Å²) in [5, 5.41) is 11.7. The fraction of sp³-hybridized carbons (Fsp3) is 0.737. The number of nitrogens with zero attached hydrogens (tertiary/aromatic N) is 3. The predicted molar refractivity (Wildman–Crippen MR) is 93.3 cm³/mol. The van der Waals surface area contributed by atoms with Crippen molar-refractivity contribution in [2.45, 2.75) is 51.6 Å². The fourth-order valence-corrected chi connectivity index (χ4v) is 4.74. The highest BCUT2D eigenvalue weighted by molar-refractivity contribution is 5.94. The fourth-order valence-electron chi connectivity index (χ4n) is 4.74. The summed E-state index contributed by atoms with van der Waals surface area (Å²) in [6.07, 6.45) is 3.51. The zero-order valence-corrected chi connectivity index (χ0v) is 15.2. The third kappa shape index (κ3) is 2.57. The molecule has 0 bridgehead atoms. The van der Waals surface area contributed by atoms with Gasteiger partial charge in [-0.05, 0) is 50.5 Å². The zero-order chi connectivity index (χ0) is 17.3. The molecule has 2 saturated carbocycles. The van der Waals surface area contributed by atoms with Crippen molar-refractivity contribution >= 4 is 11.6 Å². The van der Waals surface area contributed by atoms with Crippen LogP contribution < -0.4 is 0 Å². The molecule has 0 aromatic carbocycles. The standard InChI is InChI=1S/C19H26N4O2/c1-10(11-4-5-11)14-6-15(21-20-14)18(24)23-8-12-13(9-23)17(12)16-7-19(2,3)25-22-16/h6,10-13,17H,4-5,7-9H2,1-3H3,(H,20,21). The van der Waals surface area contributed by atoms with E-state index in [1.54, 1.807) is 0 Å². The third-order valence-electron chi connectivity index (χ3n) is 6.52. The number of fused-ring (bicyclic) bond motifs is 1. The summed E-state index contributed by atoms with van der Waals surface area (Å²) in [5.41, 5.74) is 2.72. The molecule has 3 atom stereocenters. The minimum Gasteiger partial charge on any atom is -0.389 e. The van der Waals surface area contributed by atoms with E-state index in [0.29, 0.717) is 29.4 Å². The first-order chi connectivity index (χ1) is 11.9. The van der Waals surface area contributed by atoms with Crippen molar-refractivity contribution in [1.29, 1.82) is 0 Å². The maximum Gasteiger partial charge on any atom is 0.274 e. The van der Waals surface area contributed by atoms with Crippen molar-refractivity contribution in [3.63, 3.8) is 0 Å². The summed E-state index contributed by atoms with van der Waals surface area (Å²) < 4.78 is 0. The molecule has 2 aliphatic heterocycles. The summed E-state index contributed by atoms with van der Waals surface area (Å²) in [7, 11) is 0. The van der Waals surface area contributed by atoms with Gasteiger partial charge in [-0.25, -0.2) is 0 Å². The number of carbonyl (C=O) groups excluding carboxylic acids is 1. The molecule has 3 unspecified atom stereocenters. The molecule has 1 saturated heterocycles. The van der Waals surface area contributed by atoms with Crippen LogP contribution in [-0.2, 0) is 4.84 Å². The lowest BCUT2D eigenvalue weighted by atomic mass is 9.98. The largest absolute Gasteiger partial charge is 0.389 e. The van der Waals surface area contributed by atoms with Crippen LogP contribution in [0.4, 0.5) is 0 Å². The average molecular weight is 342 g/mol. The molecule has 5 rings (SSSR count). The van der Waals surface area contributed by atoms with Crippen LogP contribution in [0.2, 0.25) is 0 Å². The molecule has 3 heterocycles. The summed E-state index contributed by atoms with van der Waals surface area (Å²) >= 11 is 0. The Hall–Kier alpha value is -1.85. The lowest BCUT2D eigenvalue weighted by molar-refractivity contribution is 0.0123. The van der Waals surface area contributed by atoms with E-state index in [-0.39, 0.29) is 11.5 Å². The van der Waals surface area contributed by atoms with E-state index >= 15 is 0 Å². The molecule has 6 heteroatoms. The van der Waals surface area contributed by atoms with Gasteiger partial charge in [0.1, 0.15) is 11.3 Å². The number of nitrogens with one attached hydrogen (secondary N) is 1. The predicted octanol–water partition coefficient (Wildman–Crippen LogP) is 2.80. The first-order valence-corrected chi connectivity index (χ1v) is 9.52. The number of piperidine rings is 1. The highest BCUT2D eigenvalue weighted by Crippen LogP contribution is 2.54. The van der Waals surface area contributed by atoms with Gasteiger partial charge in [0.2, 0.25) is 0 Å². The van der Waals surface area contributed by atoms with E-state index in [0.717, 1.165) is 31.1 Å². The molecular weight excluding hydrogens is 316 g/mol. The minimum atomic E-state index is -0.161. The average Bonchev–Trinajstić information content (AvgIpc) is 3.36. The number of likely N-dealkylation sites (tertiary alicyclic amines) is 1. The van der Waals surface area contributed by atoms with Gasteiger partial charge < -0.3 is 9.74 Å². The van der Waals surface area contributed by atoms with Crippen molar-refractivity contribution < 1.29 is 9.63 Å². The van der Waals surface area contributed by atoms with Gasteiger partial charge in [0.25, 0.3) is 5.91 Å². The normalized spacial score (nSPS) is 33.6. The molecule has 0 spiro atoms. The molecule has 0 radical (unpaired) electrons. The second-order valence-electron chi connectivity index (χ2n) is 9.01. The van der Waals surface area contributed by atoms with Gasteiger partial charge in [-0.1, -0.05) is 12.1 Å². The number of oxime groups is 1. The minimum absolute atomic E-state index is 0.0707. The Morgan fingerprint density at radius 1 is 1.36 bits per heavy atom. The molecule has 6 nitrogen and oxygen atoms in total. The highest BCUT2D eigenvalue weighted by atomic mass is 16.7. The van der Waals surface area contributed by atoms with Crippen LogP contribution in [0.1, 0.15) is 62.1 Å². The van der Waals surface area contributed by atoms with Gasteiger partial charge in [0, 0.05) is 37.0 Å². The quantitative estimate of drug-likeness (QED) is 0.914. The second-order valence-corrected chi connectivity index (χ2v) is 9.01. The van der Waals surface area contributed by atoms with Crippen LogP contribution in [0.3, 0.4) is 0 Å². The lowest BCUT2D eigenvalue weighted by Crippen LogP contribution is -2.33. The number of aromatic amines is 1. The van der Waals surface area contributed by atoms with Crippen LogP contribution in [0.5, 0.6) is 0 Å². The second kappa shape index (κ2) is 5.08. The van der Waals surface area contributed by atoms with Crippen LogP contribution in [0.25, 0.3) is 0 Å². The number of hydrogen-bond acceptors (Lipinski definition) is 4. The van der Waals surface area contributed by atoms with Crippen LogP contribution >= 0.6 is 0 Å². The van der Waals surface area contributed by atoms with Crippen molar-refractivity contribution in [3.8, 4) is 0 Å². The van der Waals surface area contributed by atoms with Crippen molar-refractivity contribution in [2.24, 2.45) is 28.8 Å². The highest BCUT2D eigenvalue weighted by Gasteiger charge is 2.60. The van der Waals surface area contributed by atoms with Crippen LogP contribution in [0, 0.1) is 23.7 Å². The topological polar surface area (TPSA) is 70.6 Å². The number of aromatic nitrogens is 2. The van der Waals surface area contributed by atoms with Gasteiger partial charge in [-0.15, -0.1) is 0 Å². The summed E-state index contributed by atoms with van der Waals surface area (Å²) in [5.74, 6) is 2.96. The van der Waals surface area contributed by atoms with Gasteiger partial charge in [0.15, 0.2) is 0 Å². The van der Waals surface area contributed by atoms with E-state index in [2.05, 4.69) is 36.1 Å². The smallest absolute Gasteiger partial charge is 0.274 e. The van der Waals surface area contributed by atoms with E-state index in [4.69, 9.17) is 4.84 Å².